The summed E-state index contributed by atoms with van der Waals surface area (Å²) in [5.74, 6) is -2.23. The zero-order chi connectivity index (χ0) is 34.9. The van der Waals surface area contributed by atoms with Gasteiger partial charge in [0.2, 0.25) is 0 Å². The molecule has 1 N–H and O–H groups in total. The summed E-state index contributed by atoms with van der Waals surface area (Å²) in [6, 6.07) is 22.1. The third-order valence-corrected chi connectivity index (χ3v) is 10.4. The molecule has 3 aliphatic rings. The summed E-state index contributed by atoms with van der Waals surface area (Å²) in [5, 5.41) is 11.9. The van der Waals surface area contributed by atoms with Crippen molar-refractivity contribution in [3.63, 3.8) is 0 Å². The number of aromatic nitrogens is 3. The van der Waals surface area contributed by atoms with Crippen LogP contribution in [-0.4, -0.2) is 80.8 Å². The van der Waals surface area contributed by atoms with Crippen molar-refractivity contribution in [1.82, 2.24) is 19.4 Å². The molecule has 256 valence electrons. The normalized spacial score (nSPS) is 23.5. The van der Waals surface area contributed by atoms with Gasteiger partial charge in [0.15, 0.2) is 12.0 Å². The predicted molar refractivity (Wildman–Crippen MR) is 188 cm³/mol. The average Bonchev–Trinajstić information content (AvgIpc) is 3.85. The molecule has 11 nitrogen and oxygen atoms in total. The maximum atomic E-state index is 12.9. The first kappa shape index (κ1) is 32.7. The molecule has 1 unspecified atom stereocenters. The number of likely N-dealkylation sites (N-methyl/N-ethyl adjacent to an activating group) is 1. The highest BCUT2D eigenvalue weighted by molar-refractivity contribution is 6.42. The number of urea groups is 1. The predicted octanol–water partition coefficient (Wildman–Crippen LogP) is 7.22. The molecule has 0 spiro atoms. The van der Waals surface area contributed by atoms with Gasteiger partial charge in [0.1, 0.15) is 36.1 Å². The zero-order valence-electron chi connectivity index (χ0n) is 27.4. The van der Waals surface area contributed by atoms with E-state index in [2.05, 4.69) is 9.97 Å². The van der Waals surface area contributed by atoms with Crippen LogP contribution in [0.25, 0.3) is 22.2 Å². The Balaban J connectivity index is 1.28. The summed E-state index contributed by atoms with van der Waals surface area (Å²) in [4.78, 5) is 38.2. The van der Waals surface area contributed by atoms with Crippen LogP contribution in [0.3, 0.4) is 0 Å². The Morgan fingerprint density at radius 3 is 2.44 bits per heavy atom. The van der Waals surface area contributed by atoms with Crippen molar-refractivity contribution in [2.75, 3.05) is 25.0 Å². The molecule has 0 bridgehead atoms. The molecule has 50 heavy (non-hydrogen) atoms. The highest BCUT2D eigenvalue weighted by Crippen LogP contribution is 2.50. The van der Waals surface area contributed by atoms with E-state index in [-0.39, 0.29) is 11.6 Å². The largest absolute Gasteiger partial charge is 0.478 e. The molecule has 8 rings (SSSR count). The lowest BCUT2D eigenvalue weighted by Crippen LogP contribution is -2.35. The lowest BCUT2D eigenvalue weighted by atomic mass is 9.80. The second-order valence-corrected chi connectivity index (χ2v) is 14.0. The second kappa shape index (κ2) is 12.4. The van der Waals surface area contributed by atoms with Crippen molar-refractivity contribution < 1.29 is 28.9 Å². The standard InChI is InChI=1S/C37H33Cl2N5O6/c1-37(2)49-30-29(48-34(31(30)50-37)43-14-13-24-32(43)40-19-41-33(24)44-16-15-42(3)36(44)47)28(22-10-12-26(38)27(39)18-22)25-17-21(9-11-23(25)35(45)46)20-7-5-4-6-8-20/h4-14,17-19,28-31,34H,15-16H2,1-3H3,(H,45,46)/t28?,29-,30-,31-,34-/m1/s1. The fourth-order valence-electron chi connectivity index (χ4n) is 7.40. The number of carboxylic acids is 1. The van der Waals surface area contributed by atoms with Gasteiger partial charge in [-0.15, -0.1) is 0 Å². The Bertz CT molecular complexity index is 2140. The molecule has 0 radical (unpaired) electrons. The first-order chi connectivity index (χ1) is 24.0. The van der Waals surface area contributed by atoms with Crippen LogP contribution in [0.15, 0.2) is 85.3 Å². The second-order valence-electron chi connectivity index (χ2n) is 13.2. The number of fused-ring (bicyclic) bond motifs is 2. The van der Waals surface area contributed by atoms with Gasteiger partial charge in [0.25, 0.3) is 0 Å². The van der Waals surface area contributed by atoms with Gasteiger partial charge in [-0.05, 0) is 66.4 Å². The Kier molecular flexibility index (Phi) is 8.08. The molecule has 5 heterocycles. The molecule has 2 amide bonds. The minimum absolute atomic E-state index is 0.117. The van der Waals surface area contributed by atoms with Crippen LogP contribution in [0.1, 0.15) is 47.5 Å². The van der Waals surface area contributed by atoms with Crippen LogP contribution in [0, 0.1) is 0 Å². The number of hydrogen-bond donors (Lipinski definition) is 1. The number of benzene rings is 3. The topological polar surface area (TPSA) is 119 Å². The van der Waals surface area contributed by atoms with Gasteiger partial charge in [0.05, 0.1) is 21.0 Å². The van der Waals surface area contributed by atoms with Crippen LogP contribution in [-0.2, 0) is 14.2 Å². The van der Waals surface area contributed by atoms with Crippen LogP contribution in [0.5, 0.6) is 0 Å². The molecule has 3 saturated heterocycles. The number of carbonyl (C=O) groups excluding carboxylic acids is 1. The van der Waals surface area contributed by atoms with Crippen molar-refractivity contribution in [3.05, 3.63) is 112 Å². The third kappa shape index (κ3) is 5.50. The molecule has 0 aliphatic carbocycles. The number of carbonyl (C=O) groups is 2. The third-order valence-electron chi connectivity index (χ3n) is 9.65. The van der Waals surface area contributed by atoms with E-state index in [1.54, 1.807) is 41.1 Å². The molecule has 3 aliphatic heterocycles. The minimum atomic E-state index is -1.08. The lowest BCUT2D eigenvalue weighted by Gasteiger charge is -2.31. The maximum absolute atomic E-state index is 12.9. The highest BCUT2D eigenvalue weighted by Gasteiger charge is 2.58. The number of aromatic carboxylic acids is 1. The van der Waals surface area contributed by atoms with Crippen LogP contribution < -0.4 is 4.90 Å². The number of carboxylic acid groups (broad SMARTS) is 1. The van der Waals surface area contributed by atoms with Gasteiger partial charge >= 0.3 is 12.0 Å². The van der Waals surface area contributed by atoms with Gasteiger partial charge < -0.3 is 28.8 Å². The SMILES string of the molecule is CN1CCN(c2ncnc3c2ccn3[C@@H]2O[C@H](C(c3ccc(Cl)c(Cl)c3)c3cc(-c4ccccc4)ccc3C(=O)O)[C@H]3OC(C)(C)O[C@H]32)C1=O. The Labute approximate surface area is 297 Å². The number of amides is 2. The molecule has 13 heteroatoms. The Hall–Kier alpha value is -4.52. The number of nitrogens with zero attached hydrogens (tertiary/aromatic N) is 5. The van der Waals surface area contributed by atoms with Gasteiger partial charge in [-0.2, -0.15) is 0 Å². The van der Waals surface area contributed by atoms with Gasteiger partial charge in [-0.3, -0.25) is 4.90 Å². The van der Waals surface area contributed by atoms with Crippen molar-refractivity contribution in [2.45, 2.75) is 50.1 Å². The highest BCUT2D eigenvalue weighted by atomic mass is 35.5. The number of ether oxygens (including phenoxy) is 3. The summed E-state index contributed by atoms with van der Waals surface area (Å²) in [6.07, 6.45) is 0.550. The van der Waals surface area contributed by atoms with E-state index in [1.165, 1.54) is 6.33 Å². The van der Waals surface area contributed by atoms with E-state index in [0.29, 0.717) is 51.1 Å². The fourth-order valence-corrected chi connectivity index (χ4v) is 7.71. The Morgan fingerprint density at radius 2 is 1.72 bits per heavy atom. The summed E-state index contributed by atoms with van der Waals surface area (Å²) < 4.78 is 22.0. The molecule has 3 aromatic carbocycles. The van der Waals surface area contributed by atoms with E-state index >= 15 is 0 Å². The van der Waals surface area contributed by atoms with E-state index in [9.17, 15) is 14.7 Å². The van der Waals surface area contributed by atoms with E-state index in [1.807, 2.05) is 73.1 Å². The van der Waals surface area contributed by atoms with Gasteiger partial charge in [-0.25, -0.2) is 19.6 Å². The molecular weight excluding hydrogens is 681 g/mol. The quantitative estimate of drug-likeness (QED) is 0.188. The number of halogens is 2. The lowest BCUT2D eigenvalue weighted by molar-refractivity contribution is -0.197. The number of hydrogen-bond acceptors (Lipinski definition) is 7. The molecule has 5 aromatic rings. The van der Waals surface area contributed by atoms with E-state index in [0.717, 1.165) is 11.1 Å². The Morgan fingerprint density at radius 1 is 0.940 bits per heavy atom. The maximum Gasteiger partial charge on any atom is 0.335 e. The molecule has 5 atom stereocenters. The van der Waals surface area contributed by atoms with E-state index in [4.69, 9.17) is 37.4 Å². The molecule has 3 fully saturated rings. The molecule has 0 saturated carbocycles. The van der Waals surface area contributed by atoms with Gasteiger partial charge in [0, 0.05) is 32.3 Å². The van der Waals surface area contributed by atoms with Crippen molar-refractivity contribution in [2.24, 2.45) is 0 Å². The van der Waals surface area contributed by atoms with Crippen molar-refractivity contribution in [1.29, 1.82) is 0 Å². The van der Waals surface area contributed by atoms with Crippen molar-refractivity contribution >= 4 is 52.1 Å². The van der Waals surface area contributed by atoms with Crippen molar-refractivity contribution in [3.8, 4) is 11.1 Å². The number of anilines is 1. The minimum Gasteiger partial charge on any atom is -0.478 e. The average molecular weight is 715 g/mol. The molecular formula is C37H33Cl2N5O6. The van der Waals surface area contributed by atoms with Crippen LogP contribution >= 0.6 is 23.2 Å². The first-order valence-electron chi connectivity index (χ1n) is 16.2. The zero-order valence-corrected chi connectivity index (χ0v) is 28.9. The van der Waals surface area contributed by atoms with Crippen LogP contribution in [0.4, 0.5) is 10.6 Å². The summed E-state index contributed by atoms with van der Waals surface area (Å²) in [7, 11) is 1.76. The smallest absolute Gasteiger partial charge is 0.335 e. The van der Waals surface area contributed by atoms with Crippen LogP contribution in [0.2, 0.25) is 10.0 Å². The summed E-state index contributed by atoms with van der Waals surface area (Å²) in [5.41, 5.74) is 3.66. The van der Waals surface area contributed by atoms with Gasteiger partial charge in [-0.1, -0.05) is 65.7 Å². The first-order valence-corrected chi connectivity index (χ1v) is 17.0. The van der Waals surface area contributed by atoms with E-state index < -0.39 is 42.2 Å². The monoisotopic (exact) mass is 713 g/mol. The summed E-state index contributed by atoms with van der Waals surface area (Å²) in [6.45, 7) is 4.78. The molecule has 2 aromatic heterocycles. The summed E-state index contributed by atoms with van der Waals surface area (Å²) >= 11 is 13.0. The number of rotatable bonds is 7. The fraction of sp³-hybridized carbons (Fsp3) is 0.297.